The molecular weight excluding hydrogens is 1000 g/mol. The molecule has 9 heteroatoms. The molecule has 81 heavy (non-hydrogen) atoms. The van der Waals surface area contributed by atoms with E-state index in [1.54, 1.807) is 12.1 Å². The van der Waals surface area contributed by atoms with Crippen LogP contribution in [0.2, 0.25) is 0 Å². The first-order chi connectivity index (χ1) is 39.6. The molecule has 9 aromatic carbocycles. The van der Waals surface area contributed by atoms with Gasteiger partial charge in [0.15, 0.2) is 5.69 Å². The van der Waals surface area contributed by atoms with E-state index in [4.69, 9.17) is 0 Å². The van der Waals surface area contributed by atoms with Crippen LogP contribution in [0.4, 0.5) is 20.1 Å². The van der Waals surface area contributed by atoms with E-state index in [0.717, 1.165) is 66.8 Å². The molecule has 0 aliphatic carbocycles. The molecule has 0 radical (unpaired) electrons. The van der Waals surface area contributed by atoms with E-state index in [1.165, 1.54) is 9.80 Å². The number of hydrogen-bond acceptors (Lipinski definition) is 6. The SMILES string of the molecule is CCCN1C(=O)N(CCCc2cc(Cc3ccccc3)c(O)c(Cc3ccccc3)c2)C(=O)[N+](CCCc2cc(Cc3ccccc3)c(O)c(Cc3ccccc3)c2)(c2cc(Cc3ccccc3)c(O)c(Cc3ccccc3)c2)C1=O. The molecule has 1 saturated heterocycles. The Morgan fingerprint density at radius 2 is 0.617 bits per heavy atom. The average Bonchev–Trinajstić information content (AvgIpc) is 3.51. The molecule has 1 unspecified atom stereocenters. The van der Waals surface area contributed by atoms with Gasteiger partial charge < -0.3 is 15.3 Å². The first-order valence-electron chi connectivity index (χ1n) is 28.4. The normalized spacial score (nSPS) is 14.4. The quantitative estimate of drug-likeness (QED) is 0.0549. The van der Waals surface area contributed by atoms with Gasteiger partial charge in [0, 0.05) is 81.3 Å². The molecule has 3 N–H and O–H groups in total. The number of quaternary nitrogens is 1. The number of benzene rings is 9. The fourth-order valence-electron chi connectivity index (χ4n) is 11.5. The molecule has 0 bridgehead atoms. The molecule has 10 rings (SSSR count). The summed E-state index contributed by atoms with van der Waals surface area (Å²) >= 11 is 0. The number of aromatic hydroxyl groups is 3. The predicted molar refractivity (Wildman–Crippen MR) is 323 cm³/mol. The van der Waals surface area contributed by atoms with Crippen molar-refractivity contribution in [2.24, 2.45) is 0 Å². The van der Waals surface area contributed by atoms with Crippen LogP contribution < -0.4 is 4.48 Å². The predicted octanol–water partition coefficient (Wildman–Crippen LogP) is 15.3. The van der Waals surface area contributed by atoms with Crippen LogP contribution >= 0.6 is 0 Å². The third-order valence-corrected chi connectivity index (χ3v) is 15.6. The standard InChI is InChI=1S/C72H69N3O6/c1-2-37-73-70(79)74(38-21-35-58-46-60(40-52-23-9-3-10-24-52)67(76)61(47-58)41-53-25-11-4-12-26-53)72(81)75(71(73)80,66-50-64(44-56-31-17-7-18-32-56)69(78)65(51-66)45-57-33-19-8-20-34-57)39-22-36-59-48-62(42-54-27-13-5-14-28-54)68(77)63(49-59)43-55-29-15-6-16-30-55/h3-20,23-34,46-51H,2,21-22,35-45H2,1H3,(H2-,76,77,78)/p+1. The van der Waals surface area contributed by atoms with E-state index in [9.17, 15) is 20.1 Å². The summed E-state index contributed by atoms with van der Waals surface area (Å²) in [5.41, 5.74) is 12.7. The van der Waals surface area contributed by atoms with Gasteiger partial charge in [-0.3, -0.25) is 0 Å². The van der Waals surface area contributed by atoms with Gasteiger partial charge in [-0.15, -0.1) is 4.48 Å². The molecular formula is C72H70N3O6+. The van der Waals surface area contributed by atoms with Crippen LogP contribution in [0.3, 0.4) is 0 Å². The number of carbonyl (C=O) groups is 3. The Balaban J connectivity index is 1.04. The molecule has 1 aliphatic rings. The average molecular weight is 1070 g/mol. The van der Waals surface area contributed by atoms with Crippen LogP contribution in [0.15, 0.2) is 218 Å². The van der Waals surface area contributed by atoms with Gasteiger partial charge in [0.05, 0.1) is 0 Å². The van der Waals surface area contributed by atoms with Gasteiger partial charge in [0.25, 0.3) is 0 Å². The summed E-state index contributed by atoms with van der Waals surface area (Å²) in [5, 5.41) is 35.9. The minimum Gasteiger partial charge on any atom is -0.507 e. The summed E-state index contributed by atoms with van der Waals surface area (Å²) in [5.74, 6) is 0.588. The highest BCUT2D eigenvalue weighted by atomic mass is 16.3. The van der Waals surface area contributed by atoms with Crippen LogP contribution in [-0.4, -0.2) is 62.8 Å². The van der Waals surface area contributed by atoms with Gasteiger partial charge >= 0.3 is 18.1 Å². The maximum Gasteiger partial charge on any atom is 0.441 e. The Hall–Kier alpha value is -9.05. The monoisotopic (exact) mass is 1070 g/mol. The second-order valence-corrected chi connectivity index (χ2v) is 21.5. The smallest absolute Gasteiger partial charge is 0.441 e. The molecule has 9 nitrogen and oxygen atoms in total. The molecule has 9 aromatic rings. The lowest BCUT2D eigenvalue weighted by Crippen LogP contribution is -2.75. The van der Waals surface area contributed by atoms with Crippen molar-refractivity contribution >= 4 is 23.8 Å². The van der Waals surface area contributed by atoms with Crippen molar-refractivity contribution in [3.63, 3.8) is 0 Å². The summed E-state index contributed by atoms with van der Waals surface area (Å²) in [6.45, 7) is 2.06. The summed E-state index contributed by atoms with van der Waals surface area (Å²) in [7, 11) is 0. The number of phenolic OH excluding ortho intramolecular Hbond substituents is 3. The third-order valence-electron chi connectivity index (χ3n) is 15.6. The number of rotatable bonds is 23. The fourth-order valence-corrected chi connectivity index (χ4v) is 11.5. The number of hydrogen-bond donors (Lipinski definition) is 3. The van der Waals surface area contributed by atoms with Crippen molar-refractivity contribution in [2.45, 2.75) is 77.6 Å². The molecule has 1 aliphatic heterocycles. The first-order valence-corrected chi connectivity index (χ1v) is 28.4. The van der Waals surface area contributed by atoms with E-state index in [2.05, 4.69) is 0 Å². The highest BCUT2D eigenvalue weighted by Crippen LogP contribution is 2.40. The van der Waals surface area contributed by atoms with Gasteiger partial charge in [-0.1, -0.05) is 213 Å². The first kappa shape index (κ1) is 55.3. The molecule has 408 valence electrons. The van der Waals surface area contributed by atoms with E-state index in [-0.39, 0.29) is 36.9 Å². The summed E-state index contributed by atoms with van der Waals surface area (Å²) in [4.78, 5) is 49.5. The summed E-state index contributed by atoms with van der Waals surface area (Å²) in [6, 6.07) is 69.7. The molecule has 6 amide bonds. The van der Waals surface area contributed by atoms with E-state index < -0.39 is 22.6 Å². The van der Waals surface area contributed by atoms with Crippen molar-refractivity contribution in [3.8, 4) is 17.2 Å². The topological polar surface area (TPSA) is 118 Å². The number of nitrogens with zero attached hydrogens (tertiary/aromatic N) is 3. The van der Waals surface area contributed by atoms with Crippen molar-refractivity contribution in [1.82, 2.24) is 14.3 Å². The number of urea groups is 3. The maximum atomic E-state index is 16.1. The van der Waals surface area contributed by atoms with Crippen LogP contribution in [-0.2, 0) is 51.4 Å². The number of carbonyl (C=O) groups excluding carboxylic acids is 3. The Kier molecular flexibility index (Phi) is 17.6. The number of phenols is 3. The molecule has 0 saturated carbocycles. The van der Waals surface area contributed by atoms with Crippen LogP contribution in [0, 0.1) is 0 Å². The second-order valence-electron chi connectivity index (χ2n) is 21.5. The van der Waals surface area contributed by atoms with Crippen molar-refractivity contribution in [3.05, 3.63) is 296 Å². The van der Waals surface area contributed by atoms with Crippen LogP contribution in [0.25, 0.3) is 0 Å². The van der Waals surface area contributed by atoms with Crippen molar-refractivity contribution < 1.29 is 29.7 Å². The van der Waals surface area contributed by atoms with Gasteiger partial charge in [-0.25, -0.2) is 24.2 Å². The zero-order valence-electron chi connectivity index (χ0n) is 46.1. The Morgan fingerprint density at radius 1 is 0.346 bits per heavy atom. The summed E-state index contributed by atoms with van der Waals surface area (Å²) < 4.78 is -0.802. The van der Waals surface area contributed by atoms with E-state index >= 15 is 9.59 Å². The molecule has 1 atom stereocenters. The number of amides is 6. The van der Waals surface area contributed by atoms with Gasteiger partial charge in [-0.2, -0.15) is 0 Å². The third kappa shape index (κ3) is 13.0. The number of imide groups is 3. The van der Waals surface area contributed by atoms with Gasteiger partial charge in [0.1, 0.15) is 23.8 Å². The Labute approximate surface area is 476 Å². The molecule has 1 heterocycles. The molecule has 1 fully saturated rings. The maximum absolute atomic E-state index is 16.1. The van der Waals surface area contributed by atoms with Crippen molar-refractivity contribution in [1.29, 1.82) is 0 Å². The Morgan fingerprint density at radius 3 is 0.914 bits per heavy atom. The summed E-state index contributed by atoms with van der Waals surface area (Å²) in [6.07, 6.45) is 4.89. The van der Waals surface area contributed by atoms with Crippen molar-refractivity contribution in [2.75, 3.05) is 19.6 Å². The van der Waals surface area contributed by atoms with E-state index in [1.807, 2.05) is 213 Å². The zero-order valence-corrected chi connectivity index (χ0v) is 46.1. The lowest BCUT2D eigenvalue weighted by molar-refractivity contribution is 0.106. The lowest BCUT2D eigenvalue weighted by atomic mass is 9.93. The minimum absolute atomic E-state index is 0.00849. The highest BCUT2D eigenvalue weighted by molar-refractivity contribution is 6.20. The lowest BCUT2D eigenvalue weighted by Gasteiger charge is -2.43. The van der Waals surface area contributed by atoms with Gasteiger partial charge in [-0.05, 0) is 92.4 Å². The highest BCUT2D eigenvalue weighted by Gasteiger charge is 2.59. The zero-order chi connectivity index (χ0) is 56.1. The van der Waals surface area contributed by atoms with E-state index in [0.29, 0.717) is 87.4 Å². The van der Waals surface area contributed by atoms with Crippen LogP contribution in [0.1, 0.15) is 104 Å². The molecule has 0 aromatic heterocycles. The second kappa shape index (κ2) is 25.8. The van der Waals surface area contributed by atoms with Gasteiger partial charge in [0.2, 0.25) is 0 Å². The van der Waals surface area contributed by atoms with Crippen LogP contribution in [0.5, 0.6) is 17.2 Å². The Bertz CT molecular complexity index is 3410. The fraction of sp³-hybridized carbons (Fsp3) is 0.208. The molecule has 0 spiro atoms. The largest absolute Gasteiger partial charge is 0.507 e. The number of aryl methyl sites for hydroxylation is 2. The minimum atomic E-state index is -0.802.